The van der Waals surface area contributed by atoms with E-state index in [0.717, 1.165) is 78.1 Å². The molecule has 0 bridgehead atoms. The van der Waals surface area contributed by atoms with E-state index in [-0.39, 0.29) is 0 Å². The molecule has 0 N–H and O–H groups in total. The van der Waals surface area contributed by atoms with Gasteiger partial charge >= 0.3 is 0 Å². The van der Waals surface area contributed by atoms with Crippen LogP contribution < -0.4 is 4.90 Å². The molecule has 2 aromatic heterocycles. The third kappa shape index (κ3) is 6.69. The Kier molecular flexibility index (Phi) is 9.47. The molecule has 1 aliphatic rings. The standard InChI is InChI=1S/C64H42N4/c1-6-20-43(21-7-1)48-38-49(44-22-8-2-9-23-44)40-50(39-48)47-34-37-61-57(41-47)56-36-35-55-53-31-17-16-30-52(53)54-32-18-19-33-60(54)67(51-28-14-5-15-29-51)62(55)63(56)68(61)64-65-58(45-24-10-3-11-25-45)42-59(66-64)46-26-12-4-13-27-46/h1-42H. The number of aromatic nitrogens is 3. The van der Waals surface area contributed by atoms with Gasteiger partial charge in [0.25, 0.3) is 0 Å². The summed E-state index contributed by atoms with van der Waals surface area (Å²) in [6, 6.07) is 91.3. The molecule has 12 aromatic rings. The number of hydrogen-bond donors (Lipinski definition) is 0. The molecule has 0 radical (unpaired) electrons. The third-order valence-electron chi connectivity index (χ3n) is 13.3. The maximum Gasteiger partial charge on any atom is 0.235 e. The van der Waals surface area contributed by atoms with Crippen LogP contribution in [0.4, 0.5) is 17.1 Å². The minimum Gasteiger partial charge on any atom is -0.307 e. The van der Waals surface area contributed by atoms with E-state index < -0.39 is 0 Å². The Hall–Kier alpha value is -9.12. The molecule has 13 rings (SSSR count). The molecule has 0 amide bonds. The number of anilines is 3. The Morgan fingerprint density at radius 2 is 0.765 bits per heavy atom. The number of nitrogens with zero attached hydrogens (tertiary/aromatic N) is 4. The van der Waals surface area contributed by atoms with Crippen molar-refractivity contribution in [2.45, 2.75) is 0 Å². The molecular weight excluding hydrogens is 825 g/mol. The largest absolute Gasteiger partial charge is 0.307 e. The van der Waals surface area contributed by atoms with Crippen LogP contribution in [0.3, 0.4) is 0 Å². The average molecular weight is 867 g/mol. The SMILES string of the molecule is c1ccc(-c2cc(-c3ccccc3)cc(-c3ccc4c(c3)c3ccc5c(c3n4-c3nc(-c4ccccc4)cc(-c4ccccc4)n3)N(c3ccccc3)c3ccccc3-c3ccccc3-5)c2)cc1. The molecular formula is C64H42N4. The normalized spacial score (nSPS) is 11.8. The predicted molar refractivity (Wildman–Crippen MR) is 283 cm³/mol. The zero-order valence-corrected chi connectivity index (χ0v) is 37.0. The fourth-order valence-electron chi connectivity index (χ4n) is 10.2. The number of fused-ring (bicyclic) bond motifs is 9. The van der Waals surface area contributed by atoms with Gasteiger partial charge in [0.1, 0.15) is 0 Å². The van der Waals surface area contributed by atoms with Gasteiger partial charge in [-0.25, -0.2) is 9.97 Å². The van der Waals surface area contributed by atoms with Crippen LogP contribution in [0, 0.1) is 0 Å². The van der Waals surface area contributed by atoms with Crippen LogP contribution in [-0.4, -0.2) is 14.5 Å². The van der Waals surface area contributed by atoms with E-state index in [4.69, 9.17) is 9.97 Å². The summed E-state index contributed by atoms with van der Waals surface area (Å²) in [7, 11) is 0. The van der Waals surface area contributed by atoms with Crippen molar-refractivity contribution < 1.29 is 0 Å². The van der Waals surface area contributed by atoms with Crippen molar-refractivity contribution in [1.82, 2.24) is 14.5 Å². The summed E-state index contributed by atoms with van der Waals surface area (Å²) < 4.78 is 2.33. The highest BCUT2D eigenvalue weighted by atomic mass is 15.2. The quantitative estimate of drug-likeness (QED) is 0.160. The molecule has 0 spiro atoms. The molecule has 4 heteroatoms. The maximum absolute atomic E-state index is 5.53. The minimum absolute atomic E-state index is 0.600. The predicted octanol–water partition coefficient (Wildman–Crippen LogP) is 17.0. The van der Waals surface area contributed by atoms with Gasteiger partial charge in [0.15, 0.2) is 0 Å². The Balaban J connectivity index is 1.16. The second-order valence-electron chi connectivity index (χ2n) is 17.4. The van der Waals surface area contributed by atoms with Crippen LogP contribution >= 0.6 is 0 Å². The van der Waals surface area contributed by atoms with Crippen LogP contribution in [0.15, 0.2) is 255 Å². The first-order valence-corrected chi connectivity index (χ1v) is 23.2. The smallest absolute Gasteiger partial charge is 0.235 e. The fraction of sp³-hybridized carbons (Fsp3) is 0. The lowest BCUT2D eigenvalue weighted by atomic mass is 9.92. The second kappa shape index (κ2) is 16.4. The van der Waals surface area contributed by atoms with Crippen molar-refractivity contribution in [3.63, 3.8) is 0 Å². The van der Waals surface area contributed by atoms with E-state index in [9.17, 15) is 0 Å². The molecule has 0 unspecified atom stereocenters. The molecule has 10 aromatic carbocycles. The molecule has 0 saturated carbocycles. The van der Waals surface area contributed by atoms with E-state index in [1.807, 2.05) is 0 Å². The molecule has 1 aliphatic heterocycles. The van der Waals surface area contributed by atoms with E-state index >= 15 is 0 Å². The van der Waals surface area contributed by atoms with Gasteiger partial charge in [-0.2, -0.15) is 0 Å². The van der Waals surface area contributed by atoms with E-state index in [2.05, 4.69) is 264 Å². The third-order valence-corrected chi connectivity index (χ3v) is 13.3. The molecule has 4 nitrogen and oxygen atoms in total. The Morgan fingerprint density at radius 1 is 0.294 bits per heavy atom. The Labute approximate surface area is 395 Å². The summed E-state index contributed by atoms with van der Waals surface area (Å²) >= 11 is 0. The van der Waals surface area contributed by atoms with Crippen molar-refractivity contribution in [3.05, 3.63) is 255 Å². The molecule has 68 heavy (non-hydrogen) atoms. The number of para-hydroxylation sites is 2. The van der Waals surface area contributed by atoms with Crippen LogP contribution in [0.25, 0.3) is 106 Å². The van der Waals surface area contributed by atoms with Crippen molar-refractivity contribution in [2.75, 3.05) is 4.90 Å². The molecule has 0 aliphatic carbocycles. The summed E-state index contributed by atoms with van der Waals surface area (Å²) in [5, 5.41) is 2.22. The highest BCUT2D eigenvalue weighted by Crippen LogP contribution is 2.54. The lowest BCUT2D eigenvalue weighted by Crippen LogP contribution is -2.13. The zero-order valence-electron chi connectivity index (χ0n) is 37.0. The molecule has 318 valence electrons. The lowest BCUT2D eigenvalue weighted by molar-refractivity contribution is 0.994. The van der Waals surface area contributed by atoms with E-state index in [1.165, 1.54) is 38.9 Å². The summed E-state index contributed by atoms with van der Waals surface area (Å²) in [6.07, 6.45) is 0. The second-order valence-corrected chi connectivity index (χ2v) is 17.4. The van der Waals surface area contributed by atoms with Gasteiger partial charge in [-0.1, -0.05) is 200 Å². The van der Waals surface area contributed by atoms with Gasteiger partial charge < -0.3 is 4.90 Å². The van der Waals surface area contributed by atoms with Gasteiger partial charge in [-0.15, -0.1) is 0 Å². The first-order valence-electron chi connectivity index (χ1n) is 23.2. The highest BCUT2D eigenvalue weighted by Gasteiger charge is 2.31. The van der Waals surface area contributed by atoms with Crippen molar-refractivity contribution in [2.24, 2.45) is 0 Å². The van der Waals surface area contributed by atoms with Gasteiger partial charge in [0.05, 0.1) is 33.8 Å². The molecule has 0 fully saturated rings. The van der Waals surface area contributed by atoms with Gasteiger partial charge in [0, 0.05) is 38.7 Å². The van der Waals surface area contributed by atoms with Crippen molar-refractivity contribution in [3.8, 4) is 84.1 Å². The number of benzene rings is 10. The number of hydrogen-bond acceptors (Lipinski definition) is 3. The van der Waals surface area contributed by atoms with E-state index in [0.29, 0.717) is 5.95 Å². The van der Waals surface area contributed by atoms with Crippen LogP contribution in [-0.2, 0) is 0 Å². The van der Waals surface area contributed by atoms with E-state index in [1.54, 1.807) is 0 Å². The first kappa shape index (κ1) is 39.3. The monoisotopic (exact) mass is 866 g/mol. The van der Waals surface area contributed by atoms with Crippen LogP contribution in [0.2, 0.25) is 0 Å². The number of rotatable bonds is 7. The summed E-state index contributed by atoms with van der Waals surface area (Å²) in [5.41, 5.74) is 20.7. The van der Waals surface area contributed by atoms with Crippen molar-refractivity contribution >= 4 is 38.9 Å². The van der Waals surface area contributed by atoms with Crippen molar-refractivity contribution in [1.29, 1.82) is 0 Å². The first-order chi connectivity index (χ1) is 33.7. The average Bonchev–Trinajstić information content (AvgIpc) is 3.69. The zero-order chi connectivity index (χ0) is 45.0. The topological polar surface area (TPSA) is 34.0 Å². The lowest BCUT2D eigenvalue weighted by Gasteiger charge is -2.28. The highest BCUT2D eigenvalue weighted by molar-refractivity contribution is 6.19. The molecule has 0 atom stereocenters. The van der Waals surface area contributed by atoms with Gasteiger partial charge in [-0.3, -0.25) is 4.57 Å². The fourth-order valence-corrected chi connectivity index (χ4v) is 10.2. The minimum atomic E-state index is 0.600. The molecule has 3 heterocycles. The Bertz CT molecular complexity index is 3710. The Morgan fingerprint density at radius 3 is 1.34 bits per heavy atom. The van der Waals surface area contributed by atoms with Crippen LogP contribution in [0.5, 0.6) is 0 Å². The summed E-state index contributed by atoms with van der Waals surface area (Å²) in [6.45, 7) is 0. The van der Waals surface area contributed by atoms with Gasteiger partial charge in [-0.05, 0) is 99.1 Å². The van der Waals surface area contributed by atoms with Gasteiger partial charge in [0.2, 0.25) is 5.95 Å². The maximum atomic E-state index is 5.53. The molecule has 0 saturated heterocycles. The summed E-state index contributed by atoms with van der Waals surface area (Å²) in [4.78, 5) is 13.5. The summed E-state index contributed by atoms with van der Waals surface area (Å²) in [5.74, 6) is 0.600. The van der Waals surface area contributed by atoms with Crippen LogP contribution in [0.1, 0.15) is 0 Å².